The average Bonchev–Trinajstić information content (AvgIpc) is 3.47. The van der Waals surface area contributed by atoms with E-state index in [1.54, 1.807) is 18.2 Å². The van der Waals surface area contributed by atoms with E-state index in [2.05, 4.69) is 32.3 Å². The maximum absolute atomic E-state index is 13.4. The largest absolute Gasteiger partial charge is 0.465 e. The summed E-state index contributed by atoms with van der Waals surface area (Å²) in [6, 6.07) is 10.3. The fourth-order valence-corrected chi connectivity index (χ4v) is 5.69. The molecule has 4 aromatic rings. The van der Waals surface area contributed by atoms with Gasteiger partial charge in [-0.15, -0.1) is 0 Å². The van der Waals surface area contributed by atoms with E-state index in [1.807, 2.05) is 48.9 Å². The highest BCUT2D eigenvalue weighted by Crippen LogP contribution is 2.36. The van der Waals surface area contributed by atoms with Crippen LogP contribution in [0.25, 0.3) is 33.6 Å². The minimum absolute atomic E-state index is 0.0724. The van der Waals surface area contributed by atoms with Crippen molar-refractivity contribution in [2.45, 2.75) is 31.5 Å². The van der Waals surface area contributed by atoms with Gasteiger partial charge in [-0.05, 0) is 69.3 Å². The number of hydrogen-bond donors (Lipinski definition) is 3. The average molecular weight is 585 g/mol. The number of likely N-dealkylation sites (tertiary alicyclic amines) is 1. The van der Waals surface area contributed by atoms with Crippen LogP contribution in [0.5, 0.6) is 0 Å². The van der Waals surface area contributed by atoms with Gasteiger partial charge in [0.1, 0.15) is 5.65 Å². The number of imidazole rings is 1. The van der Waals surface area contributed by atoms with Gasteiger partial charge in [0.2, 0.25) is 5.91 Å². The molecular formula is C31H36N8O4. The molecule has 1 aliphatic carbocycles. The predicted octanol–water partition coefficient (Wildman–Crippen LogP) is 2.69. The Balaban J connectivity index is 1.24. The first-order valence-corrected chi connectivity index (χ1v) is 14.5. The molecule has 0 unspecified atom stereocenters. The quantitative estimate of drug-likeness (QED) is 0.257. The minimum Gasteiger partial charge on any atom is -0.465 e. The maximum Gasteiger partial charge on any atom is 0.407 e. The lowest BCUT2D eigenvalue weighted by Gasteiger charge is -2.20. The molecule has 1 saturated heterocycles. The van der Waals surface area contributed by atoms with Crippen LogP contribution in [0.2, 0.25) is 0 Å². The number of pyridine rings is 1. The molecule has 43 heavy (non-hydrogen) atoms. The highest BCUT2D eigenvalue weighted by atomic mass is 16.4. The summed E-state index contributed by atoms with van der Waals surface area (Å²) in [7, 11) is 5.76. The number of likely N-dealkylation sites (N-methyl/N-ethyl adjacent to an activating group) is 1. The molecule has 3 amide bonds. The van der Waals surface area contributed by atoms with Crippen LogP contribution < -0.4 is 10.6 Å². The fraction of sp³-hybridized carbons (Fsp3) is 0.387. The van der Waals surface area contributed by atoms with Crippen LogP contribution >= 0.6 is 0 Å². The number of carbonyl (C=O) groups excluding carboxylic acids is 2. The molecule has 12 nitrogen and oxygen atoms in total. The number of benzene rings is 1. The highest BCUT2D eigenvalue weighted by molar-refractivity contribution is 5.98. The summed E-state index contributed by atoms with van der Waals surface area (Å²) in [5.41, 5.74) is 3.90. The van der Waals surface area contributed by atoms with Crippen molar-refractivity contribution in [3.63, 3.8) is 0 Å². The molecular weight excluding hydrogens is 548 g/mol. The second-order valence-corrected chi connectivity index (χ2v) is 11.7. The monoisotopic (exact) mass is 584 g/mol. The van der Waals surface area contributed by atoms with Crippen LogP contribution in [0.15, 0.2) is 54.7 Å². The number of rotatable bonds is 9. The molecule has 2 atom stereocenters. The van der Waals surface area contributed by atoms with Gasteiger partial charge in [0.15, 0.2) is 5.82 Å². The zero-order valence-electron chi connectivity index (χ0n) is 24.5. The number of nitrogens with zero attached hydrogens (tertiary/aromatic N) is 6. The van der Waals surface area contributed by atoms with Crippen LogP contribution in [0, 0.1) is 5.92 Å². The summed E-state index contributed by atoms with van der Waals surface area (Å²) in [6.07, 6.45) is 6.30. The van der Waals surface area contributed by atoms with Gasteiger partial charge in [-0.3, -0.25) is 9.59 Å². The molecule has 3 aromatic heterocycles. The Morgan fingerprint density at radius 1 is 1.09 bits per heavy atom. The number of aryl methyl sites for hydroxylation is 1. The van der Waals surface area contributed by atoms with Gasteiger partial charge in [0, 0.05) is 56.4 Å². The number of hydrogen-bond acceptors (Lipinski definition) is 6. The number of aromatic nitrogens is 4. The van der Waals surface area contributed by atoms with E-state index >= 15 is 0 Å². The Labute approximate surface area is 249 Å². The third-order valence-corrected chi connectivity index (χ3v) is 8.14. The summed E-state index contributed by atoms with van der Waals surface area (Å²) in [5, 5.41) is 16.4. The van der Waals surface area contributed by atoms with Crippen molar-refractivity contribution in [1.82, 2.24) is 39.5 Å². The summed E-state index contributed by atoms with van der Waals surface area (Å²) < 4.78 is 4.28. The lowest BCUT2D eigenvalue weighted by molar-refractivity contribution is -0.117. The molecule has 1 aliphatic heterocycles. The van der Waals surface area contributed by atoms with Gasteiger partial charge in [0.25, 0.3) is 5.91 Å². The van der Waals surface area contributed by atoms with Crippen LogP contribution in [0.1, 0.15) is 23.2 Å². The third-order valence-electron chi connectivity index (χ3n) is 8.14. The Morgan fingerprint density at radius 3 is 2.58 bits per heavy atom. The Hall–Kier alpha value is -4.71. The molecule has 0 spiro atoms. The van der Waals surface area contributed by atoms with Gasteiger partial charge in [-0.25, -0.2) is 14.8 Å². The minimum atomic E-state index is -1.10. The molecule has 3 N–H and O–H groups in total. The SMILES string of the molecule is CN(C)C/C=C/C(=O)N[C@@H]1CN(C(=O)O)C[C@H]1NC(=O)c1ccc2c(c1)nc(-c1cc3cccnc3n1CC1CC1)n2C. The van der Waals surface area contributed by atoms with Crippen LogP contribution in [0.4, 0.5) is 4.79 Å². The van der Waals surface area contributed by atoms with Crippen molar-refractivity contribution in [2.24, 2.45) is 13.0 Å². The lowest BCUT2D eigenvalue weighted by Crippen LogP contribution is -2.50. The van der Waals surface area contributed by atoms with Crippen molar-refractivity contribution in [2.75, 3.05) is 33.7 Å². The van der Waals surface area contributed by atoms with Crippen molar-refractivity contribution < 1.29 is 19.5 Å². The molecule has 0 radical (unpaired) electrons. The smallest absolute Gasteiger partial charge is 0.407 e. The molecule has 2 fully saturated rings. The zero-order chi connectivity index (χ0) is 30.2. The standard InChI is InChI=1S/C31H36N8O4/c1-36(2)13-5-7-27(40)33-23-17-38(31(42)43)18-24(23)35-30(41)21-10-11-25-22(14-21)34-29(37(25)3)26-15-20-6-4-12-32-28(20)39(26)16-19-8-9-19/h4-7,10-12,14-15,19,23-24H,8-9,13,16-18H2,1-3H3,(H,33,40)(H,35,41)(H,42,43)/b7-5+/t23-,24-/m1/s1. The van der Waals surface area contributed by atoms with E-state index in [0.29, 0.717) is 23.5 Å². The summed E-state index contributed by atoms with van der Waals surface area (Å²) in [5.74, 6) is 0.747. The zero-order valence-corrected chi connectivity index (χ0v) is 24.5. The summed E-state index contributed by atoms with van der Waals surface area (Å²) in [6.45, 7) is 1.64. The summed E-state index contributed by atoms with van der Waals surface area (Å²) in [4.78, 5) is 50.3. The van der Waals surface area contributed by atoms with E-state index < -0.39 is 18.2 Å². The Morgan fingerprint density at radius 2 is 1.86 bits per heavy atom. The van der Waals surface area contributed by atoms with Crippen LogP contribution in [-0.4, -0.2) is 97.7 Å². The second kappa shape index (κ2) is 11.5. The maximum atomic E-state index is 13.4. The number of carbonyl (C=O) groups is 3. The molecule has 2 aliphatic rings. The predicted molar refractivity (Wildman–Crippen MR) is 163 cm³/mol. The molecule has 12 heteroatoms. The van der Waals surface area contributed by atoms with Crippen LogP contribution in [-0.2, 0) is 18.4 Å². The van der Waals surface area contributed by atoms with Gasteiger partial charge >= 0.3 is 6.09 Å². The number of nitrogens with one attached hydrogen (secondary N) is 2. The van der Waals surface area contributed by atoms with E-state index in [4.69, 9.17) is 4.98 Å². The first-order chi connectivity index (χ1) is 20.7. The van der Waals surface area contributed by atoms with E-state index in [1.165, 1.54) is 23.8 Å². The van der Waals surface area contributed by atoms with Gasteiger partial charge in [-0.2, -0.15) is 0 Å². The molecule has 0 bridgehead atoms. The van der Waals surface area contributed by atoms with Gasteiger partial charge in [-0.1, -0.05) is 6.08 Å². The first-order valence-electron chi connectivity index (χ1n) is 14.5. The van der Waals surface area contributed by atoms with Crippen molar-refractivity contribution >= 4 is 40.0 Å². The number of carboxylic acid groups (broad SMARTS) is 1. The molecule has 1 aromatic carbocycles. The second-order valence-electron chi connectivity index (χ2n) is 11.7. The molecule has 4 heterocycles. The van der Waals surface area contributed by atoms with E-state index in [-0.39, 0.29) is 24.9 Å². The van der Waals surface area contributed by atoms with Crippen molar-refractivity contribution in [1.29, 1.82) is 0 Å². The number of amides is 3. The Bertz CT molecular complexity index is 1730. The summed E-state index contributed by atoms with van der Waals surface area (Å²) >= 11 is 0. The normalized spacial score (nSPS) is 18.7. The topological polar surface area (TPSA) is 138 Å². The van der Waals surface area contributed by atoms with Gasteiger partial charge < -0.3 is 34.7 Å². The van der Waals surface area contributed by atoms with E-state index in [0.717, 1.165) is 34.6 Å². The van der Waals surface area contributed by atoms with Crippen molar-refractivity contribution in [3.8, 4) is 11.5 Å². The third kappa shape index (κ3) is 5.96. The lowest BCUT2D eigenvalue weighted by atomic mass is 10.1. The van der Waals surface area contributed by atoms with Crippen molar-refractivity contribution in [3.05, 3.63) is 60.3 Å². The van der Waals surface area contributed by atoms with Crippen LogP contribution in [0.3, 0.4) is 0 Å². The molecule has 6 rings (SSSR count). The fourth-order valence-electron chi connectivity index (χ4n) is 5.69. The Kier molecular flexibility index (Phi) is 7.61. The molecule has 1 saturated carbocycles. The molecule has 224 valence electrons. The highest BCUT2D eigenvalue weighted by Gasteiger charge is 2.37. The van der Waals surface area contributed by atoms with Gasteiger partial charge in [0.05, 0.1) is 28.8 Å². The first kappa shape index (κ1) is 28.4. The van der Waals surface area contributed by atoms with E-state index in [9.17, 15) is 19.5 Å². The number of fused-ring (bicyclic) bond motifs is 2.